The van der Waals surface area contributed by atoms with Gasteiger partial charge in [0.25, 0.3) is 0 Å². The Kier molecular flexibility index (Phi) is 5.92. The number of fused-ring (bicyclic) bond motifs is 1. The molecule has 0 aliphatic carbocycles. The molecule has 26 heavy (non-hydrogen) atoms. The first kappa shape index (κ1) is 18.8. The molecule has 0 radical (unpaired) electrons. The van der Waals surface area contributed by atoms with Crippen molar-refractivity contribution in [2.24, 2.45) is 0 Å². The van der Waals surface area contributed by atoms with Crippen LogP contribution < -0.4 is 0 Å². The summed E-state index contributed by atoms with van der Waals surface area (Å²) in [6.07, 6.45) is 2.81. The molecule has 1 aromatic heterocycles. The van der Waals surface area contributed by atoms with Crippen LogP contribution in [0.25, 0.3) is 11.3 Å². The molecule has 2 aromatic carbocycles. The van der Waals surface area contributed by atoms with Crippen LogP contribution in [0.1, 0.15) is 29.0 Å². The van der Waals surface area contributed by atoms with Gasteiger partial charge in [-0.25, -0.2) is 0 Å². The van der Waals surface area contributed by atoms with Crippen LogP contribution in [0.5, 0.6) is 0 Å². The van der Waals surface area contributed by atoms with Gasteiger partial charge in [-0.1, -0.05) is 35.9 Å². The minimum absolute atomic E-state index is 0. The van der Waals surface area contributed by atoms with Crippen molar-refractivity contribution in [2.45, 2.75) is 18.9 Å². The first-order valence-corrected chi connectivity index (χ1v) is 8.93. The second-order valence-corrected chi connectivity index (χ2v) is 7.09. The summed E-state index contributed by atoms with van der Waals surface area (Å²) < 4.78 is 0. The van der Waals surface area contributed by atoms with Crippen molar-refractivity contribution in [2.75, 3.05) is 13.6 Å². The zero-order valence-electron chi connectivity index (χ0n) is 14.6. The molecule has 4 rings (SSSR count). The van der Waals surface area contributed by atoms with Gasteiger partial charge in [-0.2, -0.15) is 10.2 Å². The Labute approximate surface area is 165 Å². The van der Waals surface area contributed by atoms with Gasteiger partial charge in [0.15, 0.2) is 0 Å². The highest BCUT2D eigenvalue weighted by Gasteiger charge is 2.23. The Balaban J connectivity index is 0.00000196. The van der Waals surface area contributed by atoms with Crippen molar-refractivity contribution in [3.8, 4) is 11.3 Å². The smallest absolute Gasteiger partial charge is 0.0929 e. The van der Waals surface area contributed by atoms with Crippen LogP contribution in [0.4, 0.5) is 0 Å². The molecule has 0 N–H and O–H groups in total. The number of hydrogen-bond donors (Lipinski definition) is 0. The van der Waals surface area contributed by atoms with Gasteiger partial charge < -0.3 is 4.90 Å². The minimum Gasteiger partial charge on any atom is -0.302 e. The quantitative estimate of drug-likeness (QED) is 0.607. The van der Waals surface area contributed by atoms with E-state index in [-0.39, 0.29) is 12.4 Å². The summed E-state index contributed by atoms with van der Waals surface area (Å²) >= 11 is 6.07. The van der Waals surface area contributed by atoms with Crippen molar-refractivity contribution in [3.63, 3.8) is 0 Å². The zero-order chi connectivity index (χ0) is 17.2. The molecule has 3 nitrogen and oxygen atoms in total. The van der Waals surface area contributed by atoms with E-state index in [0.717, 1.165) is 35.8 Å². The molecule has 0 fully saturated rings. The average Bonchev–Trinajstić information content (AvgIpc) is 2.81. The van der Waals surface area contributed by atoms with E-state index >= 15 is 0 Å². The molecular formula is C21H21Cl2N3. The Morgan fingerprint density at radius 3 is 2.62 bits per heavy atom. The Hall–Kier alpha value is -1.94. The highest BCUT2D eigenvalue weighted by molar-refractivity contribution is 6.30. The molecule has 0 bridgehead atoms. The summed E-state index contributed by atoms with van der Waals surface area (Å²) in [5.74, 6) is 0.396. The lowest BCUT2D eigenvalue weighted by atomic mass is 9.86. The Bertz CT molecular complexity index is 866. The molecule has 134 valence electrons. The zero-order valence-corrected chi connectivity index (χ0v) is 16.2. The van der Waals surface area contributed by atoms with E-state index in [0.29, 0.717) is 5.92 Å². The fourth-order valence-electron chi connectivity index (χ4n) is 3.61. The van der Waals surface area contributed by atoms with Crippen LogP contribution in [0.3, 0.4) is 0 Å². The first-order chi connectivity index (χ1) is 12.2. The van der Waals surface area contributed by atoms with E-state index in [9.17, 15) is 0 Å². The number of halogens is 2. The van der Waals surface area contributed by atoms with Crippen LogP contribution in [0.2, 0.25) is 5.02 Å². The van der Waals surface area contributed by atoms with Gasteiger partial charge in [0.2, 0.25) is 0 Å². The maximum Gasteiger partial charge on any atom is 0.0929 e. The van der Waals surface area contributed by atoms with E-state index in [4.69, 9.17) is 11.6 Å². The molecule has 1 atom stereocenters. The second-order valence-electron chi connectivity index (χ2n) is 6.65. The van der Waals surface area contributed by atoms with Gasteiger partial charge in [0, 0.05) is 29.2 Å². The SMILES string of the molecule is CN1CCC(c2ccc(Cl)cc2)c2ccc(-c3cccnn3)cc2C1.Cl. The maximum atomic E-state index is 6.07. The summed E-state index contributed by atoms with van der Waals surface area (Å²) in [7, 11) is 2.18. The maximum absolute atomic E-state index is 6.07. The molecule has 0 spiro atoms. The summed E-state index contributed by atoms with van der Waals surface area (Å²) in [6.45, 7) is 2.02. The van der Waals surface area contributed by atoms with E-state index in [1.807, 2.05) is 24.3 Å². The van der Waals surface area contributed by atoms with E-state index in [2.05, 4.69) is 52.5 Å². The number of aromatic nitrogens is 2. The van der Waals surface area contributed by atoms with Gasteiger partial charge in [0.05, 0.1) is 5.69 Å². The largest absolute Gasteiger partial charge is 0.302 e. The van der Waals surface area contributed by atoms with Crippen LogP contribution in [0, 0.1) is 0 Å². The topological polar surface area (TPSA) is 29.0 Å². The van der Waals surface area contributed by atoms with Crippen LogP contribution in [-0.2, 0) is 6.54 Å². The van der Waals surface area contributed by atoms with Gasteiger partial charge in [-0.05, 0) is 67.0 Å². The molecule has 2 heterocycles. The van der Waals surface area contributed by atoms with Crippen molar-refractivity contribution in [1.29, 1.82) is 0 Å². The number of hydrogen-bond acceptors (Lipinski definition) is 3. The highest BCUT2D eigenvalue weighted by atomic mass is 35.5. The van der Waals surface area contributed by atoms with Crippen LogP contribution >= 0.6 is 24.0 Å². The summed E-state index contributed by atoms with van der Waals surface area (Å²) in [5, 5.41) is 9.04. The predicted octanol–water partition coefficient (Wildman–Crippen LogP) is 5.19. The summed E-state index contributed by atoms with van der Waals surface area (Å²) in [4.78, 5) is 2.38. The predicted molar refractivity (Wildman–Crippen MR) is 109 cm³/mol. The lowest BCUT2D eigenvalue weighted by Gasteiger charge is -2.18. The second kappa shape index (κ2) is 8.17. The van der Waals surface area contributed by atoms with Crippen molar-refractivity contribution >= 4 is 24.0 Å². The molecule has 0 saturated heterocycles. The van der Waals surface area contributed by atoms with Gasteiger partial charge in [-0.3, -0.25) is 0 Å². The van der Waals surface area contributed by atoms with Crippen molar-refractivity contribution in [1.82, 2.24) is 15.1 Å². The Morgan fingerprint density at radius 2 is 1.88 bits per heavy atom. The van der Waals surface area contributed by atoms with Crippen molar-refractivity contribution < 1.29 is 0 Å². The minimum atomic E-state index is 0. The molecule has 5 heteroatoms. The average molecular weight is 386 g/mol. The normalized spacial score (nSPS) is 17.1. The lowest BCUT2D eigenvalue weighted by molar-refractivity contribution is 0.328. The van der Waals surface area contributed by atoms with E-state index < -0.39 is 0 Å². The first-order valence-electron chi connectivity index (χ1n) is 8.55. The fourth-order valence-corrected chi connectivity index (χ4v) is 3.74. The molecule has 0 amide bonds. The Morgan fingerprint density at radius 1 is 1.08 bits per heavy atom. The molecule has 0 saturated carbocycles. The number of nitrogens with zero attached hydrogens (tertiary/aromatic N) is 3. The lowest BCUT2D eigenvalue weighted by Crippen LogP contribution is -2.17. The summed E-state index contributed by atoms with van der Waals surface area (Å²) in [5.41, 5.74) is 6.13. The van der Waals surface area contributed by atoms with E-state index in [1.54, 1.807) is 6.20 Å². The van der Waals surface area contributed by atoms with Crippen molar-refractivity contribution in [3.05, 3.63) is 82.5 Å². The van der Waals surface area contributed by atoms with Crippen LogP contribution in [-0.4, -0.2) is 28.7 Å². The fraction of sp³-hybridized carbons (Fsp3) is 0.238. The van der Waals surface area contributed by atoms with Gasteiger partial charge in [0.1, 0.15) is 0 Å². The standard InChI is InChI=1S/C21H20ClN3.ClH/c1-25-12-10-20(15-4-7-18(22)8-5-15)19-9-6-16(13-17(19)14-25)21-3-2-11-23-24-21;/h2-9,11,13,20H,10,12,14H2,1H3;1H. The monoisotopic (exact) mass is 385 g/mol. The number of rotatable bonds is 2. The summed E-state index contributed by atoms with van der Waals surface area (Å²) in [6, 6.07) is 18.9. The highest BCUT2D eigenvalue weighted by Crippen LogP contribution is 2.35. The van der Waals surface area contributed by atoms with Gasteiger partial charge >= 0.3 is 0 Å². The molecule has 3 aromatic rings. The molecule has 1 unspecified atom stereocenters. The third-order valence-electron chi connectivity index (χ3n) is 4.90. The third kappa shape index (κ3) is 3.90. The van der Waals surface area contributed by atoms with E-state index in [1.165, 1.54) is 16.7 Å². The van der Waals surface area contributed by atoms with Crippen LogP contribution in [0.15, 0.2) is 60.8 Å². The third-order valence-corrected chi connectivity index (χ3v) is 5.15. The number of benzene rings is 2. The van der Waals surface area contributed by atoms with Gasteiger partial charge in [-0.15, -0.1) is 12.4 Å². The molecular weight excluding hydrogens is 365 g/mol. The molecule has 1 aliphatic rings. The molecule has 1 aliphatic heterocycles.